The number of rotatable bonds is 22. The van der Waals surface area contributed by atoms with Crippen molar-refractivity contribution in [3.63, 3.8) is 0 Å². The fourth-order valence-corrected chi connectivity index (χ4v) is 5.09. The second kappa shape index (κ2) is 20.1. The quantitative estimate of drug-likeness (QED) is 0.0783. The van der Waals surface area contributed by atoms with E-state index in [1.165, 1.54) is 70.6 Å². The number of carbonyl (C=O) groups excluding carboxylic acids is 2. The van der Waals surface area contributed by atoms with Gasteiger partial charge in [-0.15, -0.1) is 0 Å². The number of hydrogen-bond donors (Lipinski definition) is 6. The lowest BCUT2D eigenvalue weighted by Crippen LogP contribution is -2.59. The number of aliphatic hydroxyl groups is 6. The maximum Gasteiger partial charge on any atom is 0.378 e. The third-order valence-corrected chi connectivity index (χ3v) is 7.75. The van der Waals surface area contributed by atoms with E-state index >= 15 is 0 Å². The Bertz CT molecular complexity index is 816. The second-order valence-electron chi connectivity index (χ2n) is 11.3. The van der Waals surface area contributed by atoms with Gasteiger partial charge in [-0.05, 0) is 6.42 Å². The summed E-state index contributed by atoms with van der Waals surface area (Å²) in [5.41, 5.74) is 0. The van der Waals surface area contributed by atoms with E-state index in [4.69, 9.17) is 18.9 Å². The van der Waals surface area contributed by atoms with E-state index < -0.39 is 79.6 Å². The average Bonchev–Trinajstić information content (AvgIpc) is 3.26. The molecule has 7 atom stereocenters. The van der Waals surface area contributed by atoms with Gasteiger partial charge >= 0.3 is 11.9 Å². The highest BCUT2D eigenvalue weighted by Crippen LogP contribution is 2.29. The first-order valence-corrected chi connectivity index (χ1v) is 15.7. The van der Waals surface area contributed by atoms with E-state index in [9.17, 15) is 40.2 Å². The predicted octanol–water partition coefficient (Wildman–Crippen LogP) is 2.66. The minimum atomic E-state index is -1.82. The van der Waals surface area contributed by atoms with Crippen molar-refractivity contribution in [3.05, 3.63) is 11.5 Å². The van der Waals surface area contributed by atoms with Crippen LogP contribution in [0.2, 0.25) is 0 Å². The van der Waals surface area contributed by atoms with E-state index in [1.54, 1.807) is 0 Å². The van der Waals surface area contributed by atoms with Crippen LogP contribution >= 0.6 is 0 Å². The van der Waals surface area contributed by atoms with Crippen molar-refractivity contribution in [1.29, 1.82) is 0 Å². The standard InChI is InChI=1S/C30H52O12/c1-2-3-4-5-6-7-8-9-10-11-12-13-14-15-16-17-22(33)39-19-20(32)27-26(37)28(29(38)41-27)42-30-25(36)24(35)23(34)21(18-31)40-30/h20-21,23-25,27,30-32,34-37H,2-19H2,1H3/t20-,21?,23+,24?,25-,27+,30-/m0/s1. The third kappa shape index (κ3) is 12.0. The van der Waals surface area contributed by atoms with Crippen LogP contribution in [-0.2, 0) is 28.5 Å². The molecule has 0 spiro atoms. The summed E-state index contributed by atoms with van der Waals surface area (Å²) < 4.78 is 20.3. The van der Waals surface area contributed by atoms with Gasteiger partial charge in [0.25, 0.3) is 0 Å². The summed E-state index contributed by atoms with van der Waals surface area (Å²) in [6.07, 6.45) is 6.98. The van der Waals surface area contributed by atoms with Crippen LogP contribution in [-0.4, -0.2) is 98.7 Å². The largest absolute Gasteiger partial charge is 0.505 e. The van der Waals surface area contributed by atoms with Crippen molar-refractivity contribution in [2.45, 2.75) is 153 Å². The van der Waals surface area contributed by atoms with Gasteiger partial charge in [-0.3, -0.25) is 4.79 Å². The molecule has 1 saturated heterocycles. The Hall–Kier alpha value is -1.96. The Morgan fingerprint density at radius 3 is 1.88 bits per heavy atom. The monoisotopic (exact) mass is 604 g/mol. The molecule has 0 aromatic heterocycles. The molecule has 0 bridgehead atoms. The maximum atomic E-state index is 12.2. The zero-order chi connectivity index (χ0) is 30.9. The van der Waals surface area contributed by atoms with E-state index in [0.717, 1.165) is 19.3 Å². The predicted molar refractivity (Wildman–Crippen MR) is 151 cm³/mol. The topological polar surface area (TPSA) is 192 Å². The summed E-state index contributed by atoms with van der Waals surface area (Å²) in [5, 5.41) is 59.8. The number of aliphatic hydroxyl groups excluding tert-OH is 6. The second-order valence-corrected chi connectivity index (χ2v) is 11.3. The number of ether oxygens (including phenoxy) is 4. The lowest BCUT2D eigenvalue weighted by molar-refractivity contribution is -0.291. The molecule has 0 amide bonds. The van der Waals surface area contributed by atoms with Gasteiger partial charge in [-0.1, -0.05) is 96.8 Å². The molecule has 2 rings (SSSR count). The molecule has 0 saturated carbocycles. The Kier molecular flexibility index (Phi) is 17.3. The normalized spacial score (nSPS) is 26.8. The molecule has 12 heteroatoms. The van der Waals surface area contributed by atoms with Crippen molar-refractivity contribution >= 4 is 11.9 Å². The minimum absolute atomic E-state index is 0.183. The van der Waals surface area contributed by atoms with Crippen LogP contribution in [0.5, 0.6) is 0 Å². The van der Waals surface area contributed by atoms with Gasteiger partial charge in [-0.2, -0.15) is 0 Å². The smallest absolute Gasteiger partial charge is 0.378 e. The first-order valence-electron chi connectivity index (χ1n) is 15.7. The zero-order valence-electron chi connectivity index (χ0n) is 24.9. The van der Waals surface area contributed by atoms with Crippen LogP contribution in [0, 0.1) is 0 Å². The molecular weight excluding hydrogens is 552 g/mol. The van der Waals surface area contributed by atoms with Gasteiger partial charge in [-0.25, -0.2) is 4.79 Å². The van der Waals surface area contributed by atoms with Gasteiger partial charge in [0.2, 0.25) is 12.0 Å². The molecule has 244 valence electrons. The van der Waals surface area contributed by atoms with Gasteiger partial charge in [0.1, 0.15) is 37.1 Å². The molecule has 1 fully saturated rings. The maximum absolute atomic E-state index is 12.2. The summed E-state index contributed by atoms with van der Waals surface area (Å²) in [4.78, 5) is 24.3. The van der Waals surface area contributed by atoms with Crippen LogP contribution in [0.15, 0.2) is 11.5 Å². The molecular formula is C30H52O12. The van der Waals surface area contributed by atoms with Crippen molar-refractivity contribution in [3.8, 4) is 0 Å². The number of cyclic esters (lactones) is 1. The van der Waals surface area contributed by atoms with Crippen LogP contribution in [0.1, 0.15) is 110 Å². The van der Waals surface area contributed by atoms with Gasteiger partial charge in [0, 0.05) is 6.42 Å². The Balaban J connectivity index is 1.57. The fraction of sp³-hybridized carbons (Fsp3) is 0.867. The molecule has 2 heterocycles. The highest BCUT2D eigenvalue weighted by atomic mass is 16.7. The summed E-state index contributed by atoms with van der Waals surface area (Å²) in [6, 6.07) is 0. The molecule has 42 heavy (non-hydrogen) atoms. The molecule has 0 aromatic carbocycles. The number of hydrogen-bond acceptors (Lipinski definition) is 12. The highest BCUT2D eigenvalue weighted by Gasteiger charge is 2.48. The van der Waals surface area contributed by atoms with Gasteiger partial charge in [0.05, 0.1) is 6.61 Å². The fourth-order valence-electron chi connectivity index (χ4n) is 5.09. The van der Waals surface area contributed by atoms with Crippen molar-refractivity contribution in [2.75, 3.05) is 13.2 Å². The SMILES string of the molecule is CCCCCCCCCCCCCCCCCC(=O)OC[C@H](O)[C@H]1OC(=O)C(O[C@@H]2OC(CO)[C@@H](O)C(O)[C@@H]2O)=C1O. The van der Waals surface area contributed by atoms with Crippen molar-refractivity contribution in [2.24, 2.45) is 0 Å². The molecule has 0 radical (unpaired) electrons. The van der Waals surface area contributed by atoms with Crippen LogP contribution in [0.25, 0.3) is 0 Å². The highest BCUT2D eigenvalue weighted by molar-refractivity contribution is 5.89. The molecule has 6 N–H and O–H groups in total. The van der Waals surface area contributed by atoms with Gasteiger partial charge in [0.15, 0.2) is 11.9 Å². The minimum Gasteiger partial charge on any atom is -0.505 e. The van der Waals surface area contributed by atoms with E-state index in [2.05, 4.69) is 6.92 Å². The summed E-state index contributed by atoms with van der Waals surface area (Å²) >= 11 is 0. The lowest BCUT2D eigenvalue weighted by atomic mass is 9.99. The van der Waals surface area contributed by atoms with E-state index in [0.29, 0.717) is 6.42 Å². The Morgan fingerprint density at radius 2 is 1.36 bits per heavy atom. The summed E-state index contributed by atoms with van der Waals surface area (Å²) in [5.74, 6) is -3.30. The average molecular weight is 605 g/mol. The Labute approximate surface area is 248 Å². The molecule has 2 unspecified atom stereocenters. The van der Waals surface area contributed by atoms with E-state index in [-0.39, 0.29) is 6.42 Å². The molecule has 2 aliphatic rings. The van der Waals surface area contributed by atoms with Crippen LogP contribution < -0.4 is 0 Å². The lowest BCUT2D eigenvalue weighted by Gasteiger charge is -2.39. The van der Waals surface area contributed by atoms with E-state index in [1.807, 2.05) is 0 Å². The Morgan fingerprint density at radius 1 is 0.833 bits per heavy atom. The first-order chi connectivity index (χ1) is 20.2. The number of carbonyl (C=O) groups is 2. The van der Waals surface area contributed by atoms with Crippen LogP contribution in [0.4, 0.5) is 0 Å². The first kappa shape index (κ1) is 36.2. The molecule has 2 aliphatic heterocycles. The van der Waals surface area contributed by atoms with Crippen molar-refractivity contribution < 1.29 is 59.2 Å². The van der Waals surface area contributed by atoms with Crippen molar-refractivity contribution in [1.82, 2.24) is 0 Å². The molecule has 12 nitrogen and oxygen atoms in total. The summed E-state index contributed by atoms with van der Waals surface area (Å²) in [7, 11) is 0. The third-order valence-electron chi connectivity index (χ3n) is 7.75. The van der Waals surface area contributed by atoms with Crippen LogP contribution in [0.3, 0.4) is 0 Å². The van der Waals surface area contributed by atoms with Gasteiger partial charge < -0.3 is 49.6 Å². The number of esters is 2. The summed E-state index contributed by atoms with van der Waals surface area (Å²) in [6.45, 7) is 0.988. The molecule has 0 aliphatic carbocycles. The zero-order valence-corrected chi connectivity index (χ0v) is 24.9. The number of unbranched alkanes of at least 4 members (excludes halogenated alkanes) is 14. The molecule has 0 aromatic rings.